The first-order valence-electron chi connectivity index (χ1n) is 10.9. The van der Waals surface area contributed by atoms with Gasteiger partial charge in [0.25, 0.3) is 5.91 Å². The summed E-state index contributed by atoms with van der Waals surface area (Å²) in [7, 11) is 1.55. The molecule has 2 rings (SSSR count). The molecule has 0 aliphatic heterocycles. The lowest BCUT2D eigenvalue weighted by Crippen LogP contribution is -2.38. The van der Waals surface area contributed by atoms with Crippen LogP contribution >= 0.6 is 11.6 Å². The molecule has 188 valence electrons. The molecule has 2 aromatic rings. The zero-order valence-corrected chi connectivity index (χ0v) is 20.6. The summed E-state index contributed by atoms with van der Waals surface area (Å²) in [5.74, 6) is -1.28. The number of anilines is 1. The van der Waals surface area contributed by atoms with Gasteiger partial charge in [0.1, 0.15) is 0 Å². The summed E-state index contributed by atoms with van der Waals surface area (Å²) in [5.41, 5.74) is 4.22. The van der Waals surface area contributed by atoms with Crippen molar-refractivity contribution in [3.8, 4) is 11.5 Å². The Morgan fingerprint density at radius 1 is 1.06 bits per heavy atom. The Morgan fingerprint density at radius 2 is 1.86 bits per heavy atom. The highest BCUT2D eigenvalue weighted by Gasteiger charge is 2.12. The van der Waals surface area contributed by atoms with Crippen LogP contribution in [0.1, 0.15) is 24.5 Å². The number of nitrogens with one attached hydrogen (secondary N) is 3. The molecule has 2 aromatic carbocycles. The topological polar surface area (TPSA) is 127 Å². The second-order valence-electron chi connectivity index (χ2n) is 7.24. The number of hydrazone groups is 1. The van der Waals surface area contributed by atoms with E-state index in [2.05, 4.69) is 21.2 Å². The van der Waals surface area contributed by atoms with Crippen LogP contribution in [0.3, 0.4) is 0 Å². The van der Waals surface area contributed by atoms with Gasteiger partial charge in [0.2, 0.25) is 0 Å². The van der Waals surface area contributed by atoms with E-state index in [0.29, 0.717) is 54.0 Å². The highest BCUT2D eigenvalue weighted by Crippen LogP contribution is 2.28. The zero-order valence-electron chi connectivity index (χ0n) is 19.9. The predicted molar refractivity (Wildman–Crippen MR) is 133 cm³/mol. The molecule has 0 fully saturated rings. The molecule has 0 atom stereocenters. The fourth-order valence-corrected chi connectivity index (χ4v) is 2.90. The van der Waals surface area contributed by atoms with E-state index in [4.69, 9.17) is 25.8 Å². The third-order valence-corrected chi connectivity index (χ3v) is 4.89. The normalized spacial score (nSPS) is 10.6. The third kappa shape index (κ3) is 9.63. The molecule has 3 amide bonds. The van der Waals surface area contributed by atoms with Gasteiger partial charge in [0, 0.05) is 31.0 Å². The van der Waals surface area contributed by atoms with Gasteiger partial charge in [-0.3, -0.25) is 14.4 Å². The Labute approximate surface area is 209 Å². The quantitative estimate of drug-likeness (QED) is 0.176. The lowest BCUT2D eigenvalue weighted by Gasteiger charge is -2.13. The van der Waals surface area contributed by atoms with Gasteiger partial charge in [-0.1, -0.05) is 17.7 Å². The molecule has 35 heavy (non-hydrogen) atoms. The van der Waals surface area contributed by atoms with Crippen LogP contribution in [0.2, 0.25) is 5.02 Å². The number of halogens is 1. The van der Waals surface area contributed by atoms with Crippen LogP contribution in [-0.4, -0.2) is 57.4 Å². The van der Waals surface area contributed by atoms with E-state index in [-0.39, 0.29) is 12.5 Å². The maximum atomic E-state index is 12.3. The number of nitrogens with zero attached hydrogens (tertiary/aromatic N) is 1. The summed E-state index contributed by atoms with van der Waals surface area (Å²) in [6.45, 7) is 4.61. The van der Waals surface area contributed by atoms with Crippen LogP contribution < -0.4 is 25.5 Å². The average Bonchev–Trinajstić information content (AvgIpc) is 2.83. The molecule has 0 bridgehead atoms. The second kappa shape index (κ2) is 14.6. The summed E-state index contributed by atoms with van der Waals surface area (Å²) >= 11 is 6.08. The molecule has 0 spiro atoms. The number of benzene rings is 2. The van der Waals surface area contributed by atoms with Crippen molar-refractivity contribution in [2.24, 2.45) is 5.10 Å². The Morgan fingerprint density at radius 3 is 2.57 bits per heavy atom. The first-order valence-corrected chi connectivity index (χ1v) is 11.3. The van der Waals surface area contributed by atoms with Crippen LogP contribution in [0, 0.1) is 6.92 Å². The van der Waals surface area contributed by atoms with Gasteiger partial charge in [0.15, 0.2) is 18.1 Å². The highest BCUT2D eigenvalue weighted by atomic mass is 35.5. The molecule has 3 N–H and O–H groups in total. The van der Waals surface area contributed by atoms with Gasteiger partial charge < -0.3 is 24.8 Å². The third-order valence-electron chi connectivity index (χ3n) is 4.48. The number of methoxy groups -OCH3 is 1. The minimum absolute atomic E-state index is 0.242. The van der Waals surface area contributed by atoms with Crippen LogP contribution in [0.25, 0.3) is 0 Å². The molecule has 0 aromatic heterocycles. The summed E-state index contributed by atoms with van der Waals surface area (Å²) < 4.78 is 16.1. The van der Waals surface area contributed by atoms with Crippen molar-refractivity contribution >= 4 is 41.2 Å². The monoisotopic (exact) mass is 504 g/mol. The number of aryl methyl sites for hydroxylation is 1. The van der Waals surface area contributed by atoms with Gasteiger partial charge in [0.05, 0.1) is 12.8 Å². The Hall–Kier alpha value is -3.63. The lowest BCUT2D eigenvalue weighted by molar-refractivity contribution is -0.139. The van der Waals surface area contributed by atoms with Gasteiger partial charge in [-0.15, -0.1) is 0 Å². The predicted octanol–water partition coefficient (Wildman–Crippen LogP) is 2.67. The number of carbonyl (C=O) groups is 3. The van der Waals surface area contributed by atoms with Gasteiger partial charge in [-0.05, 0) is 61.7 Å². The first-order chi connectivity index (χ1) is 16.8. The molecule has 0 radical (unpaired) electrons. The molecule has 11 heteroatoms. The number of ether oxygens (including phenoxy) is 3. The lowest BCUT2D eigenvalue weighted by atomic mass is 10.2. The summed E-state index contributed by atoms with van der Waals surface area (Å²) in [6.07, 6.45) is 1.95. The largest absolute Gasteiger partial charge is 0.490 e. The van der Waals surface area contributed by atoms with E-state index < -0.39 is 11.8 Å². The summed E-state index contributed by atoms with van der Waals surface area (Å²) in [4.78, 5) is 35.7. The smallest absolute Gasteiger partial charge is 0.329 e. The van der Waals surface area contributed by atoms with Crippen molar-refractivity contribution in [3.63, 3.8) is 0 Å². The van der Waals surface area contributed by atoms with Crippen molar-refractivity contribution < 1.29 is 28.6 Å². The summed E-state index contributed by atoms with van der Waals surface area (Å²) in [5, 5.41) is 9.53. The van der Waals surface area contributed by atoms with E-state index in [1.54, 1.807) is 37.4 Å². The number of carbonyl (C=O) groups excluding carboxylic acids is 3. The van der Waals surface area contributed by atoms with E-state index in [1.807, 2.05) is 19.9 Å². The van der Waals surface area contributed by atoms with Crippen molar-refractivity contribution in [1.82, 2.24) is 10.7 Å². The Bertz CT molecular complexity index is 1060. The Balaban J connectivity index is 1.91. The molecular weight excluding hydrogens is 476 g/mol. The fourth-order valence-electron chi connectivity index (χ4n) is 2.72. The SMILES string of the molecule is CCOc1cc(/C=N\NC(=O)C(=O)NCCCOC)ccc1OCC(=O)Nc1ccc(C)c(Cl)c1. The van der Waals surface area contributed by atoms with Crippen molar-refractivity contribution in [1.29, 1.82) is 0 Å². The minimum atomic E-state index is -0.885. The number of hydrogen-bond acceptors (Lipinski definition) is 7. The molecule has 0 unspecified atom stereocenters. The van der Waals surface area contributed by atoms with Crippen LogP contribution in [0.15, 0.2) is 41.5 Å². The van der Waals surface area contributed by atoms with Crippen LogP contribution in [-0.2, 0) is 19.1 Å². The maximum absolute atomic E-state index is 12.3. The number of amides is 3. The zero-order chi connectivity index (χ0) is 25.6. The van der Waals surface area contributed by atoms with Gasteiger partial charge in [-0.2, -0.15) is 5.10 Å². The number of rotatable bonds is 12. The van der Waals surface area contributed by atoms with Crippen molar-refractivity contribution in [2.75, 3.05) is 38.8 Å². The number of hydrogen-bond donors (Lipinski definition) is 3. The molecule has 0 heterocycles. The molecule has 0 saturated heterocycles. The summed E-state index contributed by atoms with van der Waals surface area (Å²) in [6, 6.07) is 10.1. The van der Waals surface area contributed by atoms with E-state index >= 15 is 0 Å². The first kappa shape index (κ1) is 27.6. The Kier molecular flexibility index (Phi) is 11.5. The minimum Gasteiger partial charge on any atom is -0.490 e. The average molecular weight is 505 g/mol. The highest BCUT2D eigenvalue weighted by molar-refractivity contribution is 6.35. The molecule has 0 aliphatic rings. The van der Waals surface area contributed by atoms with Crippen molar-refractivity contribution in [3.05, 3.63) is 52.5 Å². The molecule has 0 saturated carbocycles. The molecular formula is C24H29ClN4O6. The second-order valence-corrected chi connectivity index (χ2v) is 7.65. The van der Waals surface area contributed by atoms with Crippen molar-refractivity contribution in [2.45, 2.75) is 20.3 Å². The van der Waals surface area contributed by atoms with Gasteiger partial charge >= 0.3 is 11.8 Å². The standard InChI is InChI=1S/C24H29ClN4O6/c1-4-34-21-12-17(14-27-29-24(32)23(31)26-10-5-11-33-3)7-9-20(21)35-15-22(30)28-18-8-6-16(2)19(25)13-18/h6-9,12-14H,4-5,10-11,15H2,1-3H3,(H,26,31)(H,28,30)(H,29,32)/b27-14-. The van der Waals surface area contributed by atoms with E-state index in [0.717, 1.165) is 5.56 Å². The van der Waals surface area contributed by atoms with Crippen LogP contribution in [0.4, 0.5) is 5.69 Å². The molecule has 10 nitrogen and oxygen atoms in total. The van der Waals surface area contributed by atoms with Crippen LogP contribution in [0.5, 0.6) is 11.5 Å². The fraction of sp³-hybridized carbons (Fsp3) is 0.333. The van der Waals surface area contributed by atoms with E-state index in [9.17, 15) is 14.4 Å². The molecule has 0 aliphatic carbocycles. The van der Waals surface area contributed by atoms with Gasteiger partial charge in [-0.25, -0.2) is 5.43 Å². The van der Waals surface area contributed by atoms with E-state index in [1.165, 1.54) is 6.21 Å². The maximum Gasteiger partial charge on any atom is 0.329 e.